The Labute approximate surface area is 83.1 Å². The first-order chi connectivity index (χ1) is 6.65. The number of hydrogen-bond acceptors (Lipinski definition) is 2. The van der Waals surface area contributed by atoms with E-state index in [0.717, 1.165) is 5.56 Å². The average molecular weight is 191 g/mol. The van der Waals surface area contributed by atoms with Gasteiger partial charge in [0, 0.05) is 12.2 Å². The largest absolute Gasteiger partial charge is 0.478 e. The van der Waals surface area contributed by atoms with Crippen LogP contribution in [0, 0.1) is 6.92 Å². The number of benzene rings is 1. The van der Waals surface area contributed by atoms with Crippen LogP contribution in [0.4, 0.5) is 5.69 Å². The predicted molar refractivity (Wildman–Crippen MR) is 56.8 cm³/mol. The summed E-state index contributed by atoms with van der Waals surface area (Å²) in [6, 6.07) is 5.29. The molecule has 0 amide bonds. The fraction of sp³-hybridized carbons (Fsp3) is 0.182. The number of hydrogen-bond donors (Lipinski definition) is 2. The monoisotopic (exact) mass is 191 g/mol. The Balaban J connectivity index is 3.01. The summed E-state index contributed by atoms with van der Waals surface area (Å²) >= 11 is 0. The van der Waals surface area contributed by atoms with Crippen LogP contribution in [0.25, 0.3) is 0 Å². The molecule has 0 aliphatic carbocycles. The Morgan fingerprint density at radius 3 is 2.93 bits per heavy atom. The molecule has 0 saturated carbocycles. The average Bonchev–Trinajstić information content (AvgIpc) is 2.15. The Morgan fingerprint density at radius 1 is 1.64 bits per heavy atom. The Kier molecular flexibility index (Phi) is 3.29. The molecular formula is C11H13NO2. The quantitative estimate of drug-likeness (QED) is 0.718. The van der Waals surface area contributed by atoms with E-state index in [1.54, 1.807) is 18.2 Å². The van der Waals surface area contributed by atoms with Crippen LogP contribution in [-0.2, 0) is 0 Å². The molecule has 0 unspecified atom stereocenters. The summed E-state index contributed by atoms with van der Waals surface area (Å²) < 4.78 is 0. The van der Waals surface area contributed by atoms with Gasteiger partial charge in [0.2, 0.25) is 0 Å². The van der Waals surface area contributed by atoms with Crippen molar-refractivity contribution in [1.29, 1.82) is 0 Å². The second kappa shape index (κ2) is 4.46. The third-order valence-corrected chi connectivity index (χ3v) is 1.84. The second-order valence-electron chi connectivity index (χ2n) is 3.02. The molecule has 0 fully saturated rings. The van der Waals surface area contributed by atoms with Crippen molar-refractivity contribution in [1.82, 2.24) is 0 Å². The van der Waals surface area contributed by atoms with Crippen molar-refractivity contribution in [2.45, 2.75) is 6.92 Å². The van der Waals surface area contributed by atoms with Crippen LogP contribution in [0.1, 0.15) is 15.9 Å². The third-order valence-electron chi connectivity index (χ3n) is 1.84. The zero-order chi connectivity index (χ0) is 10.6. The van der Waals surface area contributed by atoms with Gasteiger partial charge in [-0.2, -0.15) is 0 Å². The molecule has 0 spiro atoms. The van der Waals surface area contributed by atoms with Gasteiger partial charge in [-0.15, -0.1) is 6.58 Å². The number of nitrogens with one attached hydrogen (secondary N) is 1. The van der Waals surface area contributed by atoms with E-state index in [2.05, 4.69) is 11.9 Å². The van der Waals surface area contributed by atoms with Crippen molar-refractivity contribution >= 4 is 11.7 Å². The maximum atomic E-state index is 10.9. The molecule has 0 aliphatic rings. The minimum Gasteiger partial charge on any atom is -0.478 e. The highest BCUT2D eigenvalue weighted by molar-refractivity contribution is 5.94. The number of carboxylic acid groups (broad SMARTS) is 1. The Bertz CT molecular complexity index is 358. The molecule has 1 aromatic carbocycles. The van der Waals surface area contributed by atoms with E-state index in [-0.39, 0.29) is 0 Å². The fourth-order valence-electron chi connectivity index (χ4n) is 1.17. The summed E-state index contributed by atoms with van der Waals surface area (Å²) in [6.45, 7) is 5.98. The van der Waals surface area contributed by atoms with Gasteiger partial charge in [-0.1, -0.05) is 17.7 Å². The minimum atomic E-state index is -0.916. The van der Waals surface area contributed by atoms with E-state index < -0.39 is 5.97 Å². The van der Waals surface area contributed by atoms with Crippen LogP contribution >= 0.6 is 0 Å². The summed E-state index contributed by atoms with van der Waals surface area (Å²) in [7, 11) is 0. The van der Waals surface area contributed by atoms with Gasteiger partial charge < -0.3 is 10.4 Å². The maximum Gasteiger partial charge on any atom is 0.337 e. The molecule has 1 rings (SSSR count). The maximum absolute atomic E-state index is 10.9. The Morgan fingerprint density at radius 2 is 2.36 bits per heavy atom. The zero-order valence-corrected chi connectivity index (χ0v) is 8.08. The molecule has 2 N–H and O–H groups in total. The molecular weight excluding hydrogens is 178 g/mol. The summed E-state index contributed by atoms with van der Waals surface area (Å²) in [5.74, 6) is -0.916. The second-order valence-corrected chi connectivity index (χ2v) is 3.02. The zero-order valence-electron chi connectivity index (χ0n) is 8.08. The van der Waals surface area contributed by atoms with Gasteiger partial charge in [0.1, 0.15) is 0 Å². The van der Waals surface area contributed by atoms with Crippen LogP contribution < -0.4 is 5.32 Å². The van der Waals surface area contributed by atoms with Crippen molar-refractivity contribution in [2.75, 3.05) is 11.9 Å². The molecule has 0 saturated heterocycles. The molecule has 1 aromatic rings. The summed E-state index contributed by atoms with van der Waals surface area (Å²) in [5, 5.41) is 11.9. The van der Waals surface area contributed by atoms with Crippen LogP contribution in [0.3, 0.4) is 0 Å². The number of aromatic carboxylic acids is 1. The highest BCUT2D eigenvalue weighted by atomic mass is 16.4. The first-order valence-electron chi connectivity index (χ1n) is 4.34. The molecule has 0 aromatic heterocycles. The number of rotatable bonds is 4. The topological polar surface area (TPSA) is 49.3 Å². The lowest BCUT2D eigenvalue weighted by molar-refractivity contribution is 0.0698. The van der Waals surface area contributed by atoms with Crippen LogP contribution in [0.15, 0.2) is 30.9 Å². The van der Waals surface area contributed by atoms with Crippen LogP contribution in [-0.4, -0.2) is 17.6 Å². The van der Waals surface area contributed by atoms with E-state index in [0.29, 0.717) is 17.8 Å². The van der Waals surface area contributed by atoms with E-state index in [1.807, 2.05) is 13.0 Å². The first-order valence-corrected chi connectivity index (χ1v) is 4.34. The molecule has 3 nitrogen and oxygen atoms in total. The van der Waals surface area contributed by atoms with Gasteiger partial charge in [0.25, 0.3) is 0 Å². The van der Waals surface area contributed by atoms with Gasteiger partial charge in [0.05, 0.1) is 5.56 Å². The van der Waals surface area contributed by atoms with Crippen molar-refractivity contribution in [3.63, 3.8) is 0 Å². The minimum absolute atomic E-state index is 0.298. The standard InChI is InChI=1S/C11H13NO2/c1-3-6-12-10-5-4-8(2)7-9(10)11(13)14/h3-5,7,12H,1,6H2,2H3,(H,13,14). The summed E-state index contributed by atoms with van der Waals surface area (Å²) in [4.78, 5) is 10.9. The fourth-order valence-corrected chi connectivity index (χ4v) is 1.17. The smallest absolute Gasteiger partial charge is 0.337 e. The molecule has 0 bridgehead atoms. The first kappa shape index (κ1) is 10.3. The van der Waals surface area contributed by atoms with E-state index in [4.69, 9.17) is 5.11 Å². The van der Waals surface area contributed by atoms with Crippen LogP contribution in [0.5, 0.6) is 0 Å². The lowest BCUT2D eigenvalue weighted by Gasteiger charge is -2.07. The van der Waals surface area contributed by atoms with Crippen molar-refractivity contribution in [3.8, 4) is 0 Å². The van der Waals surface area contributed by atoms with Gasteiger partial charge in [-0.3, -0.25) is 0 Å². The SMILES string of the molecule is C=CCNc1ccc(C)cc1C(=O)O. The van der Waals surface area contributed by atoms with E-state index >= 15 is 0 Å². The van der Waals surface area contributed by atoms with Crippen molar-refractivity contribution < 1.29 is 9.90 Å². The summed E-state index contributed by atoms with van der Waals surface area (Å²) in [5.41, 5.74) is 1.86. The number of aryl methyl sites for hydroxylation is 1. The number of carboxylic acids is 1. The van der Waals surface area contributed by atoms with E-state index in [1.165, 1.54) is 0 Å². The third kappa shape index (κ3) is 2.36. The molecule has 0 radical (unpaired) electrons. The lowest BCUT2D eigenvalue weighted by atomic mass is 10.1. The van der Waals surface area contributed by atoms with Crippen molar-refractivity contribution in [3.05, 3.63) is 42.0 Å². The molecule has 0 atom stereocenters. The van der Waals surface area contributed by atoms with Crippen molar-refractivity contribution in [2.24, 2.45) is 0 Å². The molecule has 0 aliphatic heterocycles. The van der Waals surface area contributed by atoms with Crippen LogP contribution in [0.2, 0.25) is 0 Å². The number of anilines is 1. The van der Waals surface area contributed by atoms with Gasteiger partial charge in [0.15, 0.2) is 0 Å². The van der Waals surface area contributed by atoms with Gasteiger partial charge >= 0.3 is 5.97 Å². The molecule has 3 heteroatoms. The summed E-state index contributed by atoms with van der Waals surface area (Å²) in [6.07, 6.45) is 1.69. The molecule has 14 heavy (non-hydrogen) atoms. The molecule has 0 heterocycles. The lowest BCUT2D eigenvalue weighted by Crippen LogP contribution is -2.06. The molecule has 74 valence electrons. The normalized spacial score (nSPS) is 9.50. The van der Waals surface area contributed by atoms with E-state index in [9.17, 15) is 4.79 Å². The van der Waals surface area contributed by atoms with Gasteiger partial charge in [-0.05, 0) is 19.1 Å². The Hall–Kier alpha value is -1.77. The highest BCUT2D eigenvalue weighted by Gasteiger charge is 2.08. The number of carbonyl (C=O) groups is 1. The predicted octanol–water partition coefficient (Wildman–Crippen LogP) is 2.29. The highest BCUT2D eigenvalue weighted by Crippen LogP contribution is 2.16. The van der Waals surface area contributed by atoms with Gasteiger partial charge in [-0.25, -0.2) is 4.79 Å².